The molecule has 30 heavy (non-hydrogen) atoms. The highest BCUT2D eigenvalue weighted by atomic mass is 35.5. The molecule has 0 unspecified atom stereocenters. The fourth-order valence-corrected chi connectivity index (χ4v) is 4.09. The van der Waals surface area contributed by atoms with E-state index in [9.17, 15) is 9.59 Å². The van der Waals surface area contributed by atoms with Crippen LogP contribution in [0.2, 0.25) is 5.02 Å². The van der Waals surface area contributed by atoms with Crippen molar-refractivity contribution in [3.8, 4) is 11.3 Å². The number of aromatic nitrogens is 2. The highest BCUT2D eigenvalue weighted by molar-refractivity contribution is 6.31. The molecule has 4 rings (SSSR count). The van der Waals surface area contributed by atoms with Crippen molar-refractivity contribution in [2.75, 3.05) is 5.32 Å². The van der Waals surface area contributed by atoms with Crippen LogP contribution in [0, 0.1) is 6.92 Å². The first-order valence-corrected chi connectivity index (χ1v) is 10.6. The van der Waals surface area contributed by atoms with E-state index in [1.165, 1.54) is 4.68 Å². The molecule has 0 fully saturated rings. The summed E-state index contributed by atoms with van der Waals surface area (Å²) in [7, 11) is 0. The lowest BCUT2D eigenvalue weighted by atomic mass is 9.89. The summed E-state index contributed by atoms with van der Waals surface area (Å²) < 4.78 is 1.34. The lowest BCUT2D eigenvalue weighted by molar-refractivity contribution is -0.119. The molecule has 0 saturated carbocycles. The Hall–Kier alpha value is -2.92. The Morgan fingerprint density at radius 3 is 2.53 bits per heavy atom. The Labute approximate surface area is 180 Å². The van der Waals surface area contributed by atoms with Gasteiger partial charge in [0.15, 0.2) is 0 Å². The third-order valence-corrected chi connectivity index (χ3v) is 5.91. The van der Waals surface area contributed by atoms with Gasteiger partial charge in [-0.25, -0.2) is 4.68 Å². The van der Waals surface area contributed by atoms with Gasteiger partial charge in [0.25, 0.3) is 5.56 Å². The Morgan fingerprint density at radius 2 is 1.80 bits per heavy atom. The highest BCUT2D eigenvalue weighted by Crippen LogP contribution is 2.29. The Kier molecular flexibility index (Phi) is 5.73. The summed E-state index contributed by atoms with van der Waals surface area (Å²) in [5, 5.41) is 8.11. The smallest absolute Gasteiger partial charge is 0.271 e. The number of anilines is 1. The zero-order valence-electron chi connectivity index (χ0n) is 17.1. The second kappa shape index (κ2) is 8.44. The molecule has 0 aliphatic heterocycles. The van der Waals surface area contributed by atoms with Crippen LogP contribution in [0.1, 0.15) is 42.5 Å². The summed E-state index contributed by atoms with van der Waals surface area (Å²) in [6, 6.07) is 14.4. The van der Waals surface area contributed by atoms with Crippen LogP contribution in [0.25, 0.3) is 11.3 Å². The van der Waals surface area contributed by atoms with Crippen LogP contribution in [-0.4, -0.2) is 15.7 Å². The molecule has 0 bridgehead atoms. The predicted octanol–water partition coefficient (Wildman–Crippen LogP) is 4.95. The van der Waals surface area contributed by atoms with Crippen LogP contribution in [0.15, 0.2) is 53.3 Å². The number of fused-ring (bicyclic) bond motifs is 1. The van der Waals surface area contributed by atoms with Gasteiger partial charge >= 0.3 is 0 Å². The quantitative estimate of drug-likeness (QED) is 0.648. The van der Waals surface area contributed by atoms with Gasteiger partial charge in [0.1, 0.15) is 6.04 Å². The van der Waals surface area contributed by atoms with Crippen molar-refractivity contribution in [2.45, 2.75) is 45.6 Å². The van der Waals surface area contributed by atoms with Crippen LogP contribution in [0.3, 0.4) is 0 Å². The van der Waals surface area contributed by atoms with Crippen molar-refractivity contribution < 1.29 is 4.79 Å². The van der Waals surface area contributed by atoms with Crippen molar-refractivity contribution in [1.82, 2.24) is 9.78 Å². The topological polar surface area (TPSA) is 64.0 Å². The van der Waals surface area contributed by atoms with E-state index in [2.05, 4.69) is 10.4 Å². The maximum atomic E-state index is 13.2. The van der Waals surface area contributed by atoms with Gasteiger partial charge in [-0.1, -0.05) is 48.0 Å². The fourth-order valence-electron chi connectivity index (χ4n) is 3.92. The molecule has 1 N–H and O–H groups in total. The number of hydrogen-bond acceptors (Lipinski definition) is 3. The number of amides is 1. The van der Waals surface area contributed by atoms with Gasteiger partial charge in [-0.2, -0.15) is 5.10 Å². The van der Waals surface area contributed by atoms with Crippen LogP contribution in [-0.2, 0) is 17.6 Å². The van der Waals surface area contributed by atoms with Crippen LogP contribution < -0.4 is 10.9 Å². The minimum absolute atomic E-state index is 0.171. The highest BCUT2D eigenvalue weighted by Gasteiger charge is 2.25. The van der Waals surface area contributed by atoms with Crippen LogP contribution >= 0.6 is 11.6 Å². The number of hydrogen-bond donors (Lipinski definition) is 1. The molecule has 2 aromatic carbocycles. The molecule has 5 nitrogen and oxygen atoms in total. The number of aryl methyl sites for hydroxylation is 1. The van der Waals surface area contributed by atoms with E-state index in [1.807, 2.05) is 43.3 Å². The lowest BCUT2D eigenvalue weighted by Crippen LogP contribution is -2.37. The molecule has 6 heteroatoms. The molecule has 1 aliphatic carbocycles. The largest absolute Gasteiger partial charge is 0.324 e. The van der Waals surface area contributed by atoms with E-state index in [-0.39, 0.29) is 11.5 Å². The maximum Gasteiger partial charge on any atom is 0.271 e. The molecule has 1 heterocycles. The minimum Gasteiger partial charge on any atom is -0.324 e. The Balaban J connectivity index is 1.75. The standard InChI is InChI=1S/C24H24ClN3O2/c1-15-12-13-18(25)14-21(15)26-23(29)16(2)28-24(30)20-11-7-6-10-19(20)22(27-28)17-8-4-3-5-9-17/h3-5,8-9,12-14,16H,6-7,10-11H2,1-2H3,(H,26,29)/t16-/m1/s1. The summed E-state index contributed by atoms with van der Waals surface area (Å²) in [4.78, 5) is 26.2. The van der Waals surface area contributed by atoms with Crippen LogP contribution in [0.5, 0.6) is 0 Å². The second-order valence-corrected chi connectivity index (χ2v) is 8.19. The number of nitrogens with one attached hydrogen (secondary N) is 1. The number of benzene rings is 2. The summed E-state index contributed by atoms with van der Waals surface area (Å²) in [5.74, 6) is -0.301. The zero-order valence-corrected chi connectivity index (χ0v) is 17.9. The van der Waals surface area contributed by atoms with E-state index in [4.69, 9.17) is 11.6 Å². The van der Waals surface area contributed by atoms with Crippen molar-refractivity contribution in [1.29, 1.82) is 0 Å². The van der Waals surface area contributed by atoms with E-state index < -0.39 is 6.04 Å². The van der Waals surface area contributed by atoms with Gasteiger partial charge in [-0.05, 0) is 62.8 Å². The van der Waals surface area contributed by atoms with Crippen LogP contribution in [0.4, 0.5) is 5.69 Å². The third-order valence-electron chi connectivity index (χ3n) is 5.68. The van der Waals surface area contributed by atoms with E-state index in [0.717, 1.165) is 53.6 Å². The van der Waals surface area contributed by atoms with E-state index >= 15 is 0 Å². The molecular formula is C24H24ClN3O2. The number of carbonyl (C=O) groups excluding carboxylic acids is 1. The number of rotatable bonds is 4. The normalized spacial score (nSPS) is 14.1. The fraction of sp³-hybridized carbons (Fsp3) is 0.292. The Bertz CT molecular complexity index is 1160. The maximum absolute atomic E-state index is 13.2. The van der Waals surface area contributed by atoms with E-state index in [0.29, 0.717) is 10.7 Å². The minimum atomic E-state index is -0.759. The molecular weight excluding hydrogens is 398 g/mol. The first kappa shape index (κ1) is 20.4. The molecule has 3 aromatic rings. The van der Waals surface area contributed by atoms with Crippen molar-refractivity contribution >= 4 is 23.2 Å². The van der Waals surface area contributed by atoms with Gasteiger partial charge in [0.2, 0.25) is 5.91 Å². The molecule has 0 saturated heterocycles. The molecule has 1 aliphatic rings. The number of nitrogens with zero attached hydrogens (tertiary/aromatic N) is 2. The van der Waals surface area contributed by atoms with Gasteiger partial charge in [-0.15, -0.1) is 0 Å². The second-order valence-electron chi connectivity index (χ2n) is 7.75. The molecule has 1 atom stereocenters. The summed E-state index contributed by atoms with van der Waals surface area (Å²) >= 11 is 6.07. The molecule has 1 aromatic heterocycles. The Morgan fingerprint density at radius 1 is 1.10 bits per heavy atom. The zero-order chi connectivity index (χ0) is 21.3. The summed E-state index contributed by atoms with van der Waals surface area (Å²) in [6.45, 7) is 3.60. The van der Waals surface area contributed by atoms with Gasteiger partial charge < -0.3 is 5.32 Å². The van der Waals surface area contributed by atoms with Gasteiger partial charge in [0, 0.05) is 21.8 Å². The van der Waals surface area contributed by atoms with E-state index in [1.54, 1.807) is 19.1 Å². The number of halogens is 1. The van der Waals surface area contributed by atoms with Crippen molar-refractivity contribution in [3.63, 3.8) is 0 Å². The average molecular weight is 422 g/mol. The monoisotopic (exact) mass is 421 g/mol. The summed E-state index contributed by atoms with van der Waals surface area (Å²) in [6.07, 6.45) is 3.58. The van der Waals surface area contributed by atoms with Crippen molar-refractivity contribution in [3.05, 3.63) is 80.6 Å². The predicted molar refractivity (Wildman–Crippen MR) is 120 cm³/mol. The first-order chi connectivity index (χ1) is 14.5. The van der Waals surface area contributed by atoms with Gasteiger partial charge in [-0.3, -0.25) is 9.59 Å². The first-order valence-electron chi connectivity index (χ1n) is 10.2. The SMILES string of the molecule is Cc1ccc(Cl)cc1NC(=O)[C@@H](C)n1nc(-c2ccccc2)c2c(c1=O)CCCC2. The molecule has 0 radical (unpaired) electrons. The lowest BCUT2D eigenvalue weighted by Gasteiger charge is -2.23. The average Bonchev–Trinajstić information content (AvgIpc) is 2.77. The van der Waals surface area contributed by atoms with Crippen molar-refractivity contribution in [2.24, 2.45) is 0 Å². The molecule has 1 amide bonds. The molecule has 0 spiro atoms. The summed E-state index contributed by atoms with van der Waals surface area (Å²) in [5.41, 5.74) is 4.92. The van der Waals surface area contributed by atoms with Gasteiger partial charge in [0.05, 0.1) is 5.69 Å². The molecule has 154 valence electrons. The number of carbonyl (C=O) groups is 1. The third kappa shape index (κ3) is 3.90.